The van der Waals surface area contributed by atoms with Crippen LogP contribution in [0.1, 0.15) is 26.2 Å². The van der Waals surface area contributed by atoms with E-state index >= 15 is 0 Å². The zero-order valence-electron chi connectivity index (χ0n) is 8.51. The van der Waals surface area contributed by atoms with Crippen molar-refractivity contribution in [2.45, 2.75) is 26.2 Å². The summed E-state index contributed by atoms with van der Waals surface area (Å²) in [5, 5.41) is 0.356. The summed E-state index contributed by atoms with van der Waals surface area (Å²) in [6, 6.07) is 0. The van der Waals surface area contributed by atoms with E-state index < -0.39 is 0 Å². The molecule has 1 aliphatic carbocycles. The average molecular weight is 212 g/mol. The van der Waals surface area contributed by atoms with Crippen molar-refractivity contribution in [2.75, 3.05) is 7.05 Å². The summed E-state index contributed by atoms with van der Waals surface area (Å²) in [4.78, 5) is 13.3. The lowest BCUT2D eigenvalue weighted by Crippen LogP contribution is -2.40. The van der Waals surface area contributed by atoms with Gasteiger partial charge in [0.2, 0.25) is 0 Å². The lowest BCUT2D eigenvalue weighted by Gasteiger charge is -2.41. The molecule has 0 saturated carbocycles. The van der Waals surface area contributed by atoms with Gasteiger partial charge in [0.25, 0.3) is 5.91 Å². The van der Waals surface area contributed by atoms with Gasteiger partial charge in [-0.25, -0.2) is 0 Å². The lowest BCUT2D eigenvalue weighted by atomic mass is 9.75. The average Bonchev–Trinajstić information content (AvgIpc) is 2.14. The Morgan fingerprint density at radius 2 is 2.29 bits per heavy atom. The van der Waals surface area contributed by atoms with Crippen LogP contribution in [0.2, 0.25) is 0 Å². The van der Waals surface area contributed by atoms with Gasteiger partial charge in [0.15, 0.2) is 0 Å². The first-order valence-corrected chi connectivity index (χ1v) is 5.29. The number of hydrogen-bond donors (Lipinski definition) is 0. The molecule has 0 aromatic carbocycles. The van der Waals surface area contributed by atoms with Crippen molar-refractivity contribution in [3.05, 3.63) is 22.9 Å². The molecule has 14 heavy (non-hydrogen) atoms. The molecule has 0 bridgehead atoms. The molecule has 0 aromatic rings. The number of likely N-dealkylation sites (N-methyl/N-ethyl adjacent to an activating group) is 1. The van der Waals surface area contributed by atoms with Crippen LogP contribution in [0.3, 0.4) is 0 Å². The normalized spacial score (nSPS) is 32.2. The van der Waals surface area contributed by atoms with Gasteiger partial charge < -0.3 is 4.90 Å². The molecule has 1 unspecified atom stereocenters. The Kier molecular flexibility index (Phi) is 2.18. The van der Waals surface area contributed by atoms with Crippen LogP contribution in [0.15, 0.2) is 22.9 Å². The molecule has 1 amide bonds. The Balaban J connectivity index is 2.51. The second-order valence-electron chi connectivity index (χ2n) is 4.26. The topological polar surface area (TPSA) is 20.3 Å². The minimum absolute atomic E-state index is 0.0298. The van der Waals surface area contributed by atoms with Gasteiger partial charge in [-0.1, -0.05) is 24.6 Å². The summed E-state index contributed by atoms with van der Waals surface area (Å²) in [5.74, 6) is -0.0858. The molecule has 1 aliphatic heterocycles. The van der Waals surface area contributed by atoms with E-state index in [0.29, 0.717) is 5.03 Å². The quantitative estimate of drug-likeness (QED) is 0.603. The van der Waals surface area contributed by atoms with Gasteiger partial charge in [0, 0.05) is 18.2 Å². The third-order valence-corrected chi connectivity index (χ3v) is 3.41. The number of rotatable bonds is 0. The molecule has 1 atom stereocenters. The van der Waals surface area contributed by atoms with Crippen LogP contribution in [0.25, 0.3) is 0 Å². The zero-order valence-corrected chi connectivity index (χ0v) is 9.27. The largest absolute Gasteiger partial charge is 0.314 e. The molecule has 2 nitrogen and oxygen atoms in total. The number of hydrogen-bond acceptors (Lipinski definition) is 1. The Morgan fingerprint density at radius 1 is 1.57 bits per heavy atom. The molecule has 0 spiro atoms. The standard InChI is InChI=1S/C11H14ClNO/c1-11-6-4-3-5-9(11)13(2)10(14)8(12)7-11/h5,7H,3-4,6H2,1-2H3. The number of halogens is 1. The summed E-state index contributed by atoms with van der Waals surface area (Å²) in [6.45, 7) is 2.14. The minimum atomic E-state index is -0.0858. The molecule has 0 radical (unpaired) electrons. The number of fused-ring (bicyclic) bond motifs is 1. The number of amides is 1. The first kappa shape index (κ1) is 9.78. The molecule has 1 heterocycles. The predicted molar refractivity (Wildman–Crippen MR) is 56.7 cm³/mol. The van der Waals surface area contributed by atoms with E-state index in [-0.39, 0.29) is 11.3 Å². The van der Waals surface area contributed by atoms with E-state index in [1.807, 2.05) is 6.08 Å². The summed E-state index contributed by atoms with van der Waals surface area (Å²) < 4.78 is 0. The van der Waals surface area contributed by atoms with E-state index in [0.717, 1.165) is 18.5 Å². The van der Waals surface area contributed by atoms with Gasteiger partial charge >= 0.3 is 0 Å². The van der Waals surface area contributed by atoms with Crippen LogP contribution in [0.4, 0.5) is 0 Å². The van der Waals surface area contributed by atoms with Crippen molar-refractivity contribution >= 4 is 17.5 Å². The Labute approximate surface area is 89.2 Å². The van der Waals surface area contributed by atoms with Crippen molar-refractivity contribution in [1.29, 1.82) is 0 Å². The van der Waals surface area contributed by atoms with E-state index in [9.17, 15) is 4.79 Å². The van der Waals surface area contributed by atoms with Gasteiger partial charge in [0.05, 0.1) is 0 Å². The molecule has 0 aromatic heterocycles. The molecule has 3 heteroatoms. The summed E-state index contributed by atoms with van der Waals surface area (Å²) >= 11 is 5.91. The number of carbonyl (C=O) groups is 1. The van der Waals surface area contributed by atoms with Crippen molar-refractivity contribution in [3.8, 4) is 0 Å². The van der Waals surface area contributed by atoms with Crippen LogP contribution in [-0.4, -0.2) is 17.9 Å². The fraction of sp³-hybridized carbons (Fsp3) is 0.545. The van der Waals surface area contributed by atoms with E-state index in [1.54, 1.807) is 11.9 Å². The molecule has 76 valence electrons. The highest BCUT2D eigenvalue weighted by Crippen LogP contribution is 2.44. The molecule has 0 N–H and O–H groups in total. The maximum absolute atomic E-state index is 11.6. The second-order valence-corrected chi connectivity index (χ2v) is 4.66. The van der Waals surface area contributed by atoms with E-state index in [2.05, 4.69) is 13.0 Å². The highest BCUT2D eigenvalue weighted by atomic mass is 35.5. The summed E-state index contributed by atoms with van der Waals surface area (Å²) in [7, 11) is 1.80. The Hall–Kier alpha value is -0.760. The Morgan fingerprint density at radius 3 is 3.00 bits per heavy atom. The van der Waals surface area contributed by atoms with E-state index in [1.165, 1.54) is 6.42 Å². The minimum Gasteiger partial charge on any atom is -0.314 e. The SMILES string of the molecule is CN1C(=O)C(Cl)=CC2(C)CCCC=C12. The van der Waals surface area contributed by atoms with Crippen molar-refractivity contribution in [2.24, 2.45) is 5.41 Å². The highest BCUT2D eigenvalue weighted by molar-refractivity contribution is 6.42. The number of carbonyl (C=O) groups excluding carboxylic acids is 1. The lowest BCUT2D eigenvalue weighted by molar-refractivity contribution is -0.125. The van der Waals surface area contributed by atoms with Gasteiger partial charge in [-0.15, -0.1) is 0 Å². The fourth-order valence-electron chi connectivity index (χ4n) is 2.35. The number of allylic oxidation sites excluding steroid dienone is 2. The smallest absolute Gasteiger partial charge is 0.268 e. The van der Waals surface area contributed by atoms with Crippen molar-refractivity contribution in [3.63, 3.8) is 0 Å². The molecule has 2 rings (SSSR count). The van der Waals surface area contributed by atoms with Crippen LogP contribution in [0, 0.1) is 5.41 Å². The van der Waals surface area contributed by atoms with Crippen molar-refractivity contribution in [1.82, 2.24) is 4.90 Å². The van der Waals surface area contributed by atoms with Crippen molar-refractivity contribution < 1.29 is 4.79 Å². The van der Waals surface area contributed by atoms with Crippen LogP contribution < -0.4 is 0 Å². The molecule has 0 saturated heterocycles. The molecular formula is C11H14ClNO. The highest BCUT2D eigenvalue weighted by Gasteiger charge is 2.38. The second kappa shape index (κ2) is 3.13. The van der Waals surface area contributed by atoms with Gasteiger partial charge in [0.1, 0.15) is 5.03 Å². The molecule has 0 fully saturated rings. The Bertz CT molecular complexity index is 345. The van der Waals surface area contributed by atoms with Gasteiger partial charge in [-0.3, -0.25) is 4.79 Å². The van der Waals surface area contributed by atoms with E-state index in [4.69, 9.17) is 11.6 Å². The first-order chi connectivity index (χ1) is 6.54. The third kappa shape index (κ3) is 1.29. The monoisotopic (exact) mass is 211 g/mol. The predicted octanol–water partition coefficient (Wildman–Crippen LogP) is 2.66. The summed E-state index contributed by atoms with van der Waals surface area (Å²) in [5.41, 5.74) is 1.08. The van der Waals surface area contributed by atoms with Gasteiger partial charge in [-0.05, 0) is 25.3 Å². The van der Waals surface area contributed by atoms with Gasteiger partial charge in [-0.2, -0.15) is 0 Å². The molecular weight excluding hydrogens is 198 g/mol. The van der Waals surface area contributed by atoms with Crippen LogP contribution >= 0.6 is 11.6 Å². The first-order valence-electron chi connectivity index (χ1n) is 4.92. The maximum atomic E-state index is 11.6. The maximum Gasteiger partial charge on any atom is 0.268 e. The third-order valence-electron chi connectivity index (χ3n) is 3.14. The molecule has 2 aliphatic rings. The number of nitrogens with zero attached hydrogens (tertiary/aromatic N) is 1. The fourth-order valence-corrected chi connectivity index (χ4v) is 2.71. The van der Waals surface area contributed by atoms with Crippen LogP contribution in [0.5, 0.6) is 0 Å². The van der Waals surface area contributed by atoms with Crippen LogP contribution in [-0.2, 0) is 4.79 Å². The summed E-state index contributed by atoms with van der Waals surface area (Å²) in [6.07, 6.45) is 7.37. The zero-order chi connectivity index (χ0) is 10.3.